The summed E-state index contributed by atoms with van der Waals surface area (Å²) >= 11 is 0. The second-order valence-corrected chi connectivity index (χ2v) is 7.14. The van der Waals surface area contributed by atoms with E-state index in [2.05, 4.69) is 11.8 Å². The summed E-state index contributed by atoms with van der Waals surface area (Å²) in [5.41, 5.74) is 0. The summed E-state index contributed by atoms with van der Waals surface area (Å²) in [5, 5.41) is 0. The van der Waals surface area contributed by atoms with Crippen LogP contribution in [0.3, 0.4) is 0 Å². The quantitative estimate of drug-likeness (QED) is 0.853. The lowest BCUT2D eigenvalue weighted by molar-refractivity contribution is 0.176. The van der Waals surface area contributed by atoms with Crippen LogP contribution in [-0.4, -0.2) is 50.3 Å². The van der Waals surface area contributed by atoms with Gasteiger partial charge < -0.3 is 4.90 Å². The van der Waals surface area contributed by atoms with Crippen molar-refractivity contribution in [2.75, 3.05) is 26.7 Å². The van der Waals surface area contributed by atoms with Gasteiger partial charge in [0.1, 0.15) is 5.82 Å². The number of halogens is 1. The first kappa shape index (κ1) is 15.4. The summed E-state index contributed by atoms with van der Waals surface area (Å²) in [7, 11) is -1.92. The molecule has 0 amide bonds. The van der Waals surface area contributed by atoms with Crippen molar-refractivity contribution in [3.8, 4) is 0 Å². The van der Waals surface area contributed by atoms with E-state index in [1.165, 1.54) is 28.6 Å². The maximum Gasteiger partial charge on any atom is 0.243 e. The van der Waals surface area contributed by atoms with Gasteiger partial charge >= 0.3 is 0 Å². The highest BCUT2D eigenvalue weighted by atomic mass is 32.2. The molecule has 0 aliphatic carbocycles. The molecule has 0 saturated carbocycles. The van der Waals surface area contributed by atoms with Crippen LogP contribution in [0.4, 0.5) is 4.39 Å². The number of likely N-dealkylation sites (tertiary alicyclic amines) is 1. The first-order chi connectivity index (χ1) is 9.45. The van der Waals surface area contributed by atoms with Crippen molar-refractivity contribution in [1.82, 2.24) is 9.21 Å². The van der Waals surface area contributed by atoms with Crippen LogP contribution in [-0.2, 0) is 10.0 Å². The zero-order chi connectivity index (χ0) is 14.8. The average molecular weight is 300 g/mol. The van der Waals surface area contributed by atoms with Gasteiger partial charge in [0, 0.05) is 13.1 Å². The van der Waals surface area contributed by atoms with E-state index < -0.39 is 15.8 Å². The molecule has 1 fully saturated rings. The van der Waals surface area contributed by atoms with Gasteiger partial charge in [0.15, 0.2) is 0 Å². The highest BCUT2D eigenvalue weighted by molar-refractivity contribution is 7.89. The van der Waals surface area contributed by atoms with E-state index in [1.807, 2.05) is 0 Å². The number of sulfonamides is 1. The first-order valence-electron chi connectivity index (χ1n) is 6.91. The zero-order valence-corrected chi connectivity index (χ0v) is 12.7. The van der Waals surface area contributed by atoms with Crippen molar-refractivity contribution in [2.45, 2.75) is 30.7 Å². The standard InChI is InChI=1S/C14H21FN2O2S/c1-3-17-10-8-13(9-11-17)16(2)20(18,19)14-6-4-12(15)5-7-14/h4-7,13H,3,8-11H2,1-2H3. The van der Waals surface area contributed by atoms with Gasteiger partial charge in [-0.25, -0.2) is 12.8 Å². The maximum atomic E-state index is 12.9. The zero-order valence-electron chi connectivity index (χ0n) is 11.9. The second kappa shape index (κ2) is 6.20. The molecule has 0 atom stereocenters. The Morgan fingerprint density at radius 3 is 2.30 bits per heavy atom. The Balaban J connectivity index is 2.11. The Kier molecular flexibility index (Phi) is 4.78. The van der Waals surface area contributed by atoms with Crippen LogP contribution in [0, 0.1) is 5.82 Å². The number of hydrogen-bond acceptors (Lipinski definition) is 3. The smallest absolute Gasteiger partial charge is 0.243 e. The van der Waals surface area contributed by atoms with Gasteiger partial charge in [0.2, 0.25) is 10.0 Å². The molecule has 20 heavy (non-hydrogen) atoms. The summed E-state index contributed by atoms with van der Waals surface area (Å²) in [6.45, 7) is 4.95. The van der Waals surface area contributed by atoms with Gasteiger partial charge in [-0.1, -0.05) is 6.92 Å². The molecule has 6 heteroatoms. The lowest BCUT2D eigenvalue weighted by Crippen LogP contribution is -2.45. The number of piperidine rings is 1. The highest BCUT2D eigenvalue weighted by Gasteiger charge is 2.30. The Morgan fingerprint density at radius 2 is 1.80 bits per heavy atom. The minimum Gasteiger partial charge on any atom is -0.303 e. The monoisotopic (exact) mass is 300 g/mol. The SMILES string of the molecule is CCN1CCC(N(C)S(=O)(=O)c2ccc(F)cc2)CC1. The average Bonchev–Trinajstić information content (AvgIpc) is 2.47. The summed E-state index contributed by atoms with van der Waals surface area (Å²) in [4.78, 5) is 2.47. The Bertz CT molecular complexity index is 537. The lowest BCUT2D eigenvalue weighted by atomic mass is 10.1. The molecule has 0 N–H and O–H groups in total. The summed E-state index contributed by atoms with van der Waals surface area (Å²) in [6, 6.07) is 5.03. The van der Waals surface area contributed by atoms with Crippen LogP contribution in [0.25, 0.3) is 0 Å². The van der Waals surface area contributed by atoms with Gasteiger partial charge in [-0.15, -0.1) is 0 Å². The molecule has 1 aliphatic heterocycles. The molecule has 2 rings (SSSR count). The van der Waals surface area contributed by atoms with Crippen LogP contribution < -0.4 is 0 Å². The molecule has 1 heterocycles. The molecule has 0 aromatic heterocycles. The Labute approximate surface area is 120 Å². The van der Waals surface area contributed by atoms with E-state index in [4.69, 9.17) is 0 Å². The molecule has 1 saturated heterocycles. The van der Waals surface area contributed by atoms with Crippen molar-refractivity contribution in [1.29, 1.82) is 0 Å². The first-order valence-corrected chi connectivity index (χ1v) is 8.35. The fourth-order valence-electron chi connectivity index (χ4n) is 2.57. The van der Waals surface area contributed by atoms with Gasteiger partial charge in [0.25, 0.3) is 0 Å². The molecule has 0 radical (unpaired) electrons. The van der Waals surface area contributed by atoms with Crippen LogP contribution in [0.15, 0.2) is 29.2 Å². The van der Waals surface area contributed by atoms with Crippen molar-refractivity contribution >= 4 is 10.0 Å². The molecule has 0 bridgehead atoms. The van der Waals surface area contributed by atoms with E-state index in [-0.39, 0.29) is 10.9 Å². The van der Waals surface area contributed by atoms with Gasteiger partial charge in [-0.3, -0.25) is 0 Å². The van der Waals surface area contributed by atoms with Crippen LogP contribution in [0.1, 0.15) is 19.8 Å². The van der Waals surface area contributed by atoms with Gasteiger partial charge in [-0.05, 0) is 56.7 Å². The van der Waals surface area contributed by atoms with Crippen molar-refractivity contribution in [3.05, 3.63) is 30.1 Å². The predicted octanol–water partition coefficient (Wildman–Crippen LogP) is 1.93. The van der Waals surface area contributed by atoms with Crippen LogP contribution in [0.2, 0.25) is 0 Å². The minimum absolute atomic E-state index is 0.0212. The molecule has 1 aromatic rings. The third-order valence-corrected chi connectivity index (χ3v) is 5.93. The largest absolute Gasteiger partial charge is 0.303 e. The number of benzene rings is 1. The minimum atomic E-state index is -3.53. The molecule has 0 spiro atoms. The van der Waals surface area contributed by atoms with E-state index >= 15 is 0 Å². The maximum absolute atomic E-state index is 12.9. The molecular weight excluding hydrogens is 279 g/mol. The second-order valence-electron chi connectivity index (χ2n) is 5.14. The number of rotatable bonds is 4. The predicted molar refractivity (Wildman–Crippen MR) is 76.5 cm³/mol. The number of nitrogens with zero attached hydrogens (tertiary/aromatic N) is 2. The fourth-order valence-corrected chi connectivity index (χ4v) is 3.98. The van der Waals surface area contributed by atoms with E-state index in [0.717, 1.165) is 32.5 Å². The normalized spacial score (nSPS) is 18.6. The fraction of sp³-hybridized carbons (Fsp3) is 0.571. The molecule has 1 aromatic carbocycles. The van der Waals surface area contributed by atoms with Gasteiger partial charge in [-0.2, -0.15) is 4.31 Å². The molecule has 1 aliphatic rings. The third-order valence-electron chi connectivity index (χ3n) is 4.01. The summed E-state index contributed by atoms with van der Waals surface area (Å²) < 4.78 is 39.3. The summed E-state index contributed by atoms with van der Waals surface area (Å²) in [6.07, 6.45) is 1.68. The highest BCUT2D eigenvalue weighted by Crippen LogP contribution is 2.22. The van der Waals surface area contributed by atoms with Crippen molar-refractivity contribution < 1.29 is 12.8 Å². The third kappa shape index (κ3) is 3.19. The molecule has 0 unspecified atom stereocenters. The van der Waals surface area contributed by atoms with Crippen molar-refractivity contribution in [2.24, 2.45) is 0 Å². The van der Waals surface area contributed by atoms with E-state index in [1.54, 1.807) is 7.05 Å². The van der Waals surface area contributed by atoms with Crippen molar-refractivity contribution in [3.63, 3.8) is 0 Å². The number of hydrogen-bond donors (Lipinski definition) is 0. The molecule has 4 nitrogen and oxygen atoms in total. The topological polar surface area (TPSA) is 40.6 Å². The van der Waals surface area contributed by atoms with E-state index in [0.29, 0.717) is 0 Å². The Hall–Kier alpha value is -0.980. The summed E-state index contributed by atoms with van der Waals surface area (Å²) in [5.74, 6) is -0.428. The van der Waals surface area contributed by atoms with Gasteiger partial charge in [0.05, 0.1) is 4.90 Å². The molecular formula is C14H21FN2O2S. The van der Waals surface area contributed by atoms with Crippen LogP contribution >= 0.6 is 0 Å². The van der Waals surface area contributed by atoms with E-state index in [9.17, 15) is 12.8 Å². The molecule has 112 valence electrons. The Morgan fingerprint density at radius 1 is 1.25 bits per heavy atom. The van der Waals surface area contributed by atoms with Crippen LogP contribution in [0.5, 0.6) is 0 Å². The lowest BCUT2D eigenvalue weighted by Gasteiger charge is -2.35.